The van der Waals surface area contributed by atoms with Crippen molar-refractivity contribution >= 4 is 41.0 Å². The first-order valence-electron chi connectivity index (χ1n) is 11.8. The topological polar surface area (TPSA) is 80.5 Å². The number of hydrogen-bond donors (Lipinski definition) is 1. The molecule has 3 heterocycles. The van der Waals surface area contributed by atoms with Crippen molar-refractivity contribution in [2.75, 3.05) is 13.1 Å². The number of nitrogens with zero attached hydrogens (tertiary/aromatic N) is 4. The highest BCUT2D eigenvalue weighted by atomic mass is 35.5. The summed E-state index contributed by atoms with van der Waals surface area (Å²) in [7, 11) is 1.92. The van der Waals surface area contributed by atoms with Gasteiger partial charge in [-0.25, -0.2) is 19.2 Å². The molecule has 37 heavy (non-hydrogen) atoms. The van der Waals surface area contributed by atoms with Crippen molar-refractivity contribution in [3.05, 3.63) is 88.1 Å². The highest BCUT2D eigenvalue weighted by Crippen LogP contribution is 2.29. The van der Waals surface area contributed by atoms with Crippen LogP contribution in [0, 0.1) is 5.82 Å². The summed E-state index contributed by atoms with van der Waals surface area (Å²) < 4.78 is 21.8. The molecule has 0 spiro atoms. The number of carboxylic acid groups (broad SMARTS) is 1. The first-order chi connectivity index (χ1) is 17.4. The molecule has 0 unspecified atom stereocenters. The number of halogens is 3. The molecule has 7 nitrogen and oxygen atoms in total. The van der Waals surface area contributed by atoms with Crippen LogP contribution < -0.4 is 4.74 Å². The fourth-order valence-corrected chi connectivity index (χ4v) is 4.79. The molecular formula is C27H27Cl2FN4O3. The van der Waals surface area contributed by atoms with E-state index in [1.54, 1.807) is 36.4 Å². The minimum absolute atomic E-state index is 0. The number of aromatic nitrogens is 3. The second-order valence-corrected chi connectivity index (χ2v) is 9.51. The summed E-state index contributed by atoms with van der Waals surface area (Å²) in [4.78, 5) is 23.1. The molecule has 0 radical (unpaired) electrons. The fraction of sp³-hybridized carbons (Fsp3) is 0.296. The molecule has 0 bridgehead atoms. The summed E-state index contributed by atoms with van der Waals surface area (Å²) >= 11 is 5.82. The van der Waals surface area contributed by atoms with Gasteiger partial charge < -0.3 is 14.4 Å². The van der Waals surface area contributed by atoms with Gasteiger partial charge in [-0.1, -0.05) is 23.7 Å². The number of aryl methyl sites for hydroxylation is 1. The third-order valence-corrected chi connectivity index (χ3v) is 6.96. The summed E-state index contributed by atoms with van der Waals surface area (Å²) in [6, 6.07) is 15.3. The van der Waals surface area contributed by atoms with Gasteiger partial charge in [0.05, 0.1) is 23.1 Å². The van der Waals surface area contributed by atoms with E-state index in [0.29, 0.717) is 28.9 Å². The third-order valence-electron chi connectivity index (χ3n) is 6.73. The highest BCUT2D eigenvalue weighted by molar-refractivity contribution is 6.30. The van der Waals surface area contributed by atoms with E-state index in [-0.39, 0.29) is 24.6 Å². The maximum Gasteiger partial charge on any atom is 0.335 e. The Morgan fingerprint density at radius 2 is 1.92 bits per heavy atom. The Kier molecular flexibility index (Phi) is 8.32. The van der Waals surface area contributed by atoms with Crippen LogP contribution in [-0.4, -0.2) is 43.6 Å². The van der Waals surface area contributed by atoms with Crippen LogP contribution in [0.15, 0.2) is 54.6 Å². The minimum Gasteiger partial charge on any atom is -0.478 e. The van der Waals surface area contributed by atoms with E-state index >= 15 is 0 Å². The smallest absolute Gasteiger partial charge is 0.335 e. The molecule has 0 saturated carbocycles. The van der Waals surface area contributed by atoms with Crippen molar-refractivity contribution in [2.24, 2.45) is 7.05 Å². The van der Waals surface area contributed by atoms with Crippen LogP contribution in [0.25, 0.3) is 11.0 Å². The van der Waals surface area contributed by atoms with Crippen LogP contribution in [0.3, 0.4) is 0 Å². The molecule has 2 aromatic carbocycles. The van der Waals surface area contributed by atoms with Crippen LogP contribution >= 0.6 is 24.0 Å². The van der Waals surface area contributed by atoms with Crippen LogP contribution in [0.2, 0.25) is 5.02 Å². The summed E-state index contributed by atoms with van der Waals surface area (Å²) in [5.74, 6) is 0.366. The molecule has 1 N–H and O–H groups in total. The molecule has 4 aromatic rings. The molecule has 194 valence electrons. The number of hydrogen-bond acceptors (Lipinski definition) is 5. The van der Waals surface area contributed by atoms with Crippen molar-refractivity contribution in [1.29, 1.82) is 0 Å². The van der Waals surface area contributed by atoms with E-state index in [0.717, 1.165) is 48.5 Å². The van der Waals surface area contributed by atoms with Crippen molar-refractivity contribution in [3.63, 3.8) is 0 Å². The molecule has 0 amide bonds. The van der Waals surface area contributed by atoms with Crippen molar-refractivity contribution in [1.82, 2.24) is 19.4 Å². The van der Waals surface area contributed by atoms with Crippen molar-refractivity contribution in [3.8, 4) is 5.88 Å². The van der Waals surface area contributed by atoms with Gasteiger partial charge in [0, 0.05) is 35.3 Å². The number of carbonyl (C=O) groups is 1. The highest BCUT2D eigenvalue weighted by Gasteiger charge is 2.23. The Hall–Kier alpha value is -3.20. The standard InChI is InChI=1S/C27H26ClFN4O3.ClH/c1-32-24-13-18(27(34)35)6-8-23(24)30-25(32)15-33-11-9-17(10-12-33)22-3-2-4-26(31-22)36-16-19-5-7-20(28)14-21(19)29;/h2-8,13-14,17H,9-12,15-16H2,1H3,(H,34,35);1H. The van der Waals surface area contributed by atoms with E-state index in [2.05, 4.69) is 9.88 Å². The third kappa shape index (κ3) is 6.04. The SMILES string of the molecule is Cl.Cn1c(CN2CCC(c3cccc(OCc4ccc(Cl)cc4F)n3)CC2)nc2ccc(C(=O)O)cc21. The van der Waals surface area contributed by atoms with Gasteiger partial charge in [0.2, 0.25) is 5.88 Å². The lowest BCUT2D eigenvalue weighted by Crippen LogP contribution is -2.33. The van der Waals surface area contributed by atoms with Gasteiger partial charge in [-0.2, -0.15) is 0 Å². The molecule has 1 saturated heterocycles. The minimum atomic E-state index is -0.943. The number of imidazole rings is 1. The molecule has 5 rings (SSSR count). The Bertz CT molecular complexity index is 1420. The zero-order valence-electron chi connectivity index (χ0n) is 20.2. The number of carboxylic acids is 1. The zero-order valence-corrected chi connectivity index (χ0v) is 21.8. The van der Waals surface area contributed by atoms with Gasteiger partial charge in [-0.15, -0.1) is 12.4 Å². The monoisotopic (exact) mass is 544 g/mol. The predicted octanol–water partition coefficient (Wildman–Crippen LogP) is 5.84. The maximum atomic E-state index is 14.0. The molecule has 10 heteroatoms. The van der Waals surface area contributed by atoms with Crippen LogP contribution in [0.1, 0.15) is 46.2 Å². The maximum absolute atomic E-state index is 14.0. The summed E-state index contributed by atoms with van der Waals surface area (Å²) in [6.45, 7) is 2.58. The number of piperidine rings is 1. The molecular weight excluding hydrogens is 518 g/mol. The Balaban J connectivity index is 0.00000320. The quantitative estimate of drug-likeness (QED) is 0.315. The predicted molar refractivity (Wildman–Crippen MR) is 142 cm³/mol. The van der Waals surface area contributed by atoms with Gasteiger partial charge in [-0.05, 0) is 62.3 Å². The second kappa shape index (κ2) is 11.5. The van der Waals surface area contributed by atoms with Crippen LogP contribution in [0.5, 0.6) is 5.88 Å². The number of ether oxygens (including phenoxy) is 1. The molecule has 0 aliphatic carbocycles. The van der Waals surface area contributed by atoms with Crippen LogP contribution in [0.4, 0.5) is 4.39 Å². The van der Waals surface area contributed by atoms with E-state index in [4.69, 9.17) is 21.3 Å². The Morgan fingerprint density at radius 1 is 1.14 bits per heavy atom. The molecule has 0 atom stereocenters. The summed E-state index contributed by atoms with van der Waals surface area (Å²) in [5.41, 5.74) is 3.29. The molecule has 2 aromatic heterocycles. The van der Waals surface area contributed by atoms with Gasteiger partial charge in [0.25, 0.3) is 0 Å². The lowest BCUT2D eigenvalue weighted by Gasteiger charge is -2.31. The number of aromatic carboxylic acids is 1. The zero-order chi connectivity index (χ0) is 25.2. The van der Waals surface area contributed by atoms with Gasteiger partial charge in [-0.3, -0.25) is 4.90 Å². The number of pyridine rings is 1. The van der Waals surface area contributed by atoms with Gasteiger partial charge in [0.15, 0.2) is 0 Å². The first-order valence-corrected chi connectivity index (χ1v) is 12.2. The summed E-state index contributed by atoms with van der Waals surface area (Å²) in [6.07, 6.45) is 1.91. The number of fused-ring (bicyclic) bond motifs is 1. The average molecular weight is 545 g/mol. The van der Waals surface area contributed by atoms with Crippen LogP contribution in [-0.2, 0) is 20.2 Å². The number of benzene rings is 2. The fourth-order valence-electron chi connectivity index (χ4n) is 4.63. The largest absolute Gasteiger partial charge is 0.478 e. The lowest BCUT2D eigenvalue weighted by atomic mass is 9.93. The average Bonchev–Trinajstić information content (AvgIpc) is 3.18. The van der Waals surface area contributed by atoms with E-state index in [1.807, 2.05) is 23.7 Å². The Labute approximate surface area is 225 Å². The molecule has 1 fully saturated rings. The van der Waals surface area contributed by atoms with E-state index < -0.39 is 11.8 Å². The number of rotatable bonds is 7. The molecule has 1 aliphatic heterocycles. The lowest BCUT2D eigenvalue weighted by molar-refractivity contribution is 0.0697. The molecule has 1 aliphatic rings. The Morgan fingerprint density at radius 3 is 2.65 bits per heavy atom. The second-order valence-electron chi connectivity index (χ2n) is 9.07. The van der Waals surface area contributed by atoms with Gasteiger partial charge >= 0.3 is 5.97 Å². The van der Waals surface area contributed by atoms with Crippen molar-refractivity contribution < 1.29 is 19.0 Å². The van der Waals surface area contributed by atoms with E-state index in [1.165, 1.54) is 6.07 Å². The van der Waals surface area contributed by atoms with Gasteiger partial charge in [0.1, 0.15) is 18.2 Å². The van der Waals surface area contributed by atoms with Crippen molar-refractivity contribution in [2.45, 2.75) is 31.9 Å². The van der Waals surface area contributed by atoms with E-state index in [9.17, 15) is 14.3 Å². The summed E-state index contributed by atoms with van der Waals surface area (Å²) in [5, 5.41) is 9.62. The number of likely N-dealkylation sites (tertiary alicyclic amines) is 1. The first kappa shape index (κ1) is 26.9. The normalized spacial score (nSPS) is 14.5.